The average molecular weight is 398 g/mol. The number of benzene rings is 2. The molecule has 1 atom stereocenters. The topological polar surface area (TPSA) is 68.3 Å². The normalized spacial score (nSPS) is 16.6. The Hall–Kier alpha value is -3.22. The van der Waals surface area contributed by atoms with Crippen molar-refractivity contribution in [2.45, 2.75) is 19.9 Å². The van der Waals surface area contributed by atoms with Gasteiger partial charge in [0, 0.05) is 24.7 Å². The molecule has 0 aliphatic carbocycles. The second-order valence-corrected chi connectivity index (χ2v) is 6.67. The number of hydrogen-bond acceptors (Lipinski definition) is 5. The van der Waals surface area contributed by atoms with E-state index in [0.717, 1.165) is 5.69 Å². The predicted molar refractivity (Wildman–Crippen MR) is 110 cm³/mol. The third kappa shape index (κ3) is 4.13. The summed E-state index contributed by atoms with van der Waals surface area (Å²) >= 11 is 0. The summed E-state index contributed by atoms with van der Waals surface area (Å²) in [5.74, 6) is 1.33. The Labute approximate surface area is 170 Å². The van der Waals surface area contributed by atoms with Crippen LogP contribution in [0.1, 0.15) is 24.2 Å². The van der Waals surface area contributed by atoms with Crippen LogP contribution in [-0.4, -0.2) is 56.7 Å². The number of carbonyl (C=O) groups excluding carboxylic acids is 2. The zero-order valence-electron chi connectivity index (χ0n) is 17.2. The van der Waals surface area contributed by atoms with Gasteiger partial charge in [0.05, 0.1) is 26.5 Å². The molecule has 1 heterocycles. The lowest BCUT2D eigenvalue weighted by Gasteiger charge is -2.39. The van der Waals surface area contributed by atoms with E-state index in [9.17, 15) is 9.59 Å². The van der Waals surface area contributed by atoms with Crippen molar-refractivity contribution in [1.29, 1.82) is 0 Å². The van der Waals surface area contributed by atoms with E-state index in [4.69, 9.17) is 14.2 Å². The number of methoxy groups -OCH3 is 2. The summed E-state index contributed by atoms with van der Waals surface area (Å²) < 4.78 is 16.2. The molecule has 0 aromatic heterocycles. The number of carbonyl (C=O) groups is 2. The Bertz CT molecular complexity index is 876. The average Bonchev–Trinajstić information content (AvgIpc) is 2.75. The van der Waals surface area contributed by atoms with Crippen molar-refractivity contribution < 1.29 is 23.8 Å². The van der Waals surface area contributed by atoms with E-state index in [1.54, 1.807) is 34.9 Å². The molecule has 1 fully saturated rings. The lowest BCUT2D eigenvalue weighted by atomic mass is 10.1. The minimum absolute atomic E-state index is 0.147. The highest BCUT2D eigenvalue weighted by atomic mass is 16.5. The van der Waals surface area contributed by atoms with Crippen molar-refractivity contribution in [1.82, 2.24) is 4.90 Å². The highest BCUT2D eigenvalue weighted by molar-refractivity contribution is 6.04. The Morgan fingerprint density at radius 1 is 1.07 bits per heavy atom. The van der Waals surface area contributed by atoms with Gasteiger partial charge in [0.25, 0.3) is 5.91 Å². The van der Waals surface area contributed by atoms with Gasteiger partial charge in [-0.3, -0.25) is 9.59 Å². The Morgan fingerprint density at radius 2 is 1.72 bits per heavy atom. The molecule has 0 spiro atoms. The number of hydrogen-bond donors (Lipinski definition) is 0. The summed E-state index contributed by atoms with van der Waals surface area (Å²) in [6.45, 7) is 4.95. The molecular formula is C22H26N2O5. The minimum Gasteiger partial charge on any atom is -0.497 e. The first kappa shape index (κ1) is 20.5. The zero-order valence-corrected chi connectivity index (χ0v) is 17.2. The minimum atomic E-state index is -0.608. The van der Waals surface area contributed by atoms with Gasteiger partial charge in [-0.15, -0.1) is 0 Å². The zero-order chi connectivity index (χ0) is 21.0. The summed E-state index contributed by atoms with van der Waals surface area (Å²) in [6, 6.07) is 11.8. The third-order valence-corrected chi connectivity index (χ3v) is 4.97. The fourth-order valence-electron chi connectivity index (χ4n) is 3.44. The van der Waals surface area contributed by atoms with Crippen molar-refractivity contribution in [2.75, 3.05) is 38.8 Å². The van der Waals surface area contributed by atoms with E-state index in [1.807, 2.05) is 31.2 Å². The summed E-state index contributed by atoms with van der Waals surface area (Å²) in [4.78, 5) is 29.5. The quantitative estimate of drug-likeness (QED) is 0.748. The molecule has 2 aromatic rings. The summed E-state index contributed by atoms with van der Waals surface area (Å²) in [5, 5.41) is 0. The highest BCUT2D eigenvalue weighted by Gasteiger charge is 2.36. The van der Waals surface area contributed by atoms with Crippen LogP contribution in [-0.2, 0) is 4.79 Å². The molecule has 1 unspecified atom stereocenters. The SMILES string of the molecule is CCOc1ccccc1N1CCN(C(=O)c2cc(OC)cc(OC)c2)C(C)C1=O. The summed E-state index contributed by atoms with van der Waals surface area (Å²) in [6.07, 6.45) is 0. The molecular weight excluding hydrogens is 372 g/mol. The fourth-order valence-corrected chi connectivity index (χ4v) is 3.44. The van der Waals surface area contributed by atoms with Gasteiger partial charge in [-0.25, -0.2) is 0 Å². The smallest absolute Gasteiger partial charge is 0.254 e. The molecule has 2 amide bonds. The van der Waals surface area contributed by atoms with E-state index in [1.165, 1.54) is 14.2 Å². The first-order valence-electron chi connectivity index (χ1n) is 9.57. The van der Waals surface area contributed by atoms with Crippen LogP contribution < -0.4 is 19.1 Å². The van der Waals surface area contributed by atoms with Crippen molar-refractivity contribution in [3.8, 4) is 17.2 Å². The lowest BCUT2D eigenvalue weighted by molar-refractivity contribution is -0.124. The van der Waals surface area contributed by atoms with Crippen LogP contribution in [0.25, 0.3) is 0 Å². The Morgan fingerprint density at radius 3 is 2.34 bits per heavy atom. The van der Waals surface area contributed by atoms with Crippen LogP contribution in [0.4, 0.5) is 5.69 Å². The maximum atomic E-state index is 13.1. The molecule has 1 aliphatic heterocycles. The second-order valence-electron chi connectivity index (χ2n) is 6.67. The molecule has 0 N–H and O–H groups in total. The van der Waals surface area contributed by atoms with Crippen LogP contribution in [0.5, 0.6) is 17.2 Å². The number of amides is 2. The van der Waals surface area contributed by atoms with Crippen LogP contribution in [0.3, 0.4) is 0 Å². The molecule has 2 aromatic carbocycles. The predicted octanol–water partition coefficient (Wildman–Crippen LogP) is 2.98. The number of nitrogens with zero attached hydrogens (tertiary/aromatic N) is 2. The van der Waals surface area contributed by atoms with E-state index in [-0.39, 0.29) is 11.8 Å². The molecule has 7 nitrogen and oxygen atoms in total. The van der Waals surface area contributed by atoms with Crippen molar-refractivity contribution in [3.63, 3.8) is 0 Å². The van der Waals surface area contributed by atoms with Gasteiger partial charge in [-0.2, -0.15) is 0 Å². The Balaban J connectivity index is 1.84. The molecule has 1 saturated heterocycles. The van der Waals surface area contributed by atoms with E-state index in [2.05, 4.69) is 0 Å². The maximum Gasteiger partial charge on any atom is 0.254 e. The van der Waals surface area contributed by atoms with Gasteiger partial charge in [0.2, 0.25) is 5.91 Å². The number of ether oxygens (including phenoxy) is 3. The van der Waals surface area contributed by atoms with Crippen molar-refractivity contribution >= 4 is 17.5 Å². The van der Waals surface area contributed by atoms with Crippen LogP contribution in [0, 0.1) is 0 Å². The van der Waals surface area contributed by atoms with E-state index < -0.39 is 6.04 Å². The summed E-state index contributed by atoms with van der Waals surface area (Å²) in [7, 11) is 3.06. The molecule has 0 saturated carbocycles. The maximum absolute atomic E-state index is 13.1. The molecule has 1 aliphatic rings. The van der Waals surface area contributed by atoms with Gasteiger partial charge in [-0.1, -0.05) is 12.1 Å². The first-order valence-corrected chi connectivity index (χ1v) is 9.57. The number of anilines is 1. The molecule has 0 radical (unpaired) electrons. The van der Waals surface area contributed by atoms with Gasteiger partial charge in [0.1, 0.15) is 23.3 Å². The second kappa shape index (κ2) is 8.86. The van der Waals surface area contributed by atoms with Crippen molar-refractivity contribution in [3.05, 3.63) is 48.0 Å². The van der Waals surface area contributed by atoms with Crippen LogP contribution in [0.15, 0.2) is 42.5 Å². The number of para-hydroxylation sites is 2. The Kier molecular flexibility index (Phi) is 6.26. The first-order chi connectivity index (χ1) is 14.0. The lowest BCUT2D eigenvalue weighted by Crippen LogP contribution is -2.57. The molecule has 0 bridgehead atoms. The third-order valence-electron chi connectivity index (χ3n) is 4.97. The van der Waals surface area contributed by atoms with Gasteiger partial charge in [-0.05, 0) is 38.1 Å². The fraction of sp³-hybridized carbons (Fsp3) is 0.364. The molecule has 154 valence electrons. The van der Waals surface area contributed by atoms with Crippen LogP contribution >= 0.6 is 0 Å². The molecule has 3 rings (SSSR count). The molecule has 29 heavy (non-hydrogen) atoms. The number of piperazine rings is 1. The van der Waals surface area contributed by atoms with E-state index in [0.29, 0.717) is 42.5 Å². The summed E-state index contributed by atoms with van der Waals surface area (Å²) in [5.41, 5.74) is 1.14. The highest BCUT2D eigenvalue weighted by Crippen LogP contribution is 2.31. The van der Waals surface area contributed by atoms with Crippen molar-refractivity contribution in [2.24, 2.45) is 0 Å². The molecule has 7 heteroatoms. The van der Waals surface area contributed by atoms with Gasteiger partial charge >= 0.3 is 0 Å². The largest absolute Gasteiger partial charge is 0.497 e. The number of rotatable bonds is 6. The van der Waals surface area contributed by atoms with Gasteiger partial charge in [0.15, 0.2) is 0 Å². The van der Waals surface area contributed by atoms with Gasteiger partial charge < -0.3 is 24.0 Å². The van der Waals surface area contributed by atoms with Crippen LogP contribution in [0.2, 0.25) is 0 Å². The van der Waals surface area contributed by atoms with E-state index >= 15 is 0 Å². The monoisotopic (exact) mass is 398 g/mol. The standard InChI is InChI=1S/C22H26N2O5/c1-5-29-20-9-7-6-8-19(20)24-11-10-23(15(2)21(24)25)22(26)16-12-17(27-3)14-18(13-16)28-4/h6-9,12-15H,5,10-11H2,1-4H3.